The number of amides is 2. The fourth-order valence-corrected chi connectivity index (χ4v) is 11.0. The van der Waals surface area contributed by atoms with E-state index in [4.69, 9.17) is 52.8 Å². The zero-order valence-electron chi connectivity index (χ0n) is 38.9. The highest BCUT2D eigenvalue weighted by Crippen LogP contribution is 2.56. The van der Waals surface area contributed by atoms with Crippen molar-refractivity contribution in [2.75, 3.05) is 33.1 Å². The lowest BCUT2D eigenvalue weighted by molar-refractivity contribution is -0.179. The van der Waals surface area contributed by atoms with Gasteiger partial charge in [0.05, 0.1) is 47.6 Å². The first-order valence-electron chi connectivity index (χ1n) is 21.4. The van der Waals surface area contributed by atoms with E-state index in [1.54, 1.807) is 59.4 Å². The average molecular weight is 1010 g/mol. The van der Waals surface area contributed by atoms with Crippen molar-refractivity contribution in [3.05, 3.63) is 98.5 Å². The van der Waals surface area contributed by atoms with E-state index in [1.807, 2.05) is 48.5 Å². The normalized spacial score (nSPS) is 17.9. The minimum absolute atomic E-state index is 0.0138. The molecule has 68 heavy (non-hydrogen) atoms. The van der Waals surface area contributed by atoms with Gasteiger partial charge in [-0.05, 0) is 101 Å². The number of carbonyl (C=O) groups excluding carboxylic acids is 5. The van der Waals surface area contributed by atoms with Gasteiger partial charge >= 0.3 is 20.0 Å². The number of rotatable bonds is 22. The SMILES string of the molecule is [B]OC(=O)[C@@]1(SCCCNC(=O)c2ccc(OCc3ccc(OC)cc3)c(OCc3ccc(OC)cc3)c2Cl)CN2C(=O)[C@@H](CC(=O)/C(=N\OC(C)(C)C(=O)OC(C)(C)C)c3csc(C)n3)[C@H]2S1. The Morgan fingerprint density at radius 1 is 0.956 bits per heavy atom. The zero-order valence-corrected chi connectivity index (χ0v) is 42.1. The van der Waals surface area contributed by atoms with Crippen LogP contribution in [-0.2, 0) is 46.6 Å². The number of aryl methyl sites for hydroxylation is 1. The molecule has 360 valence electrons. The fourth-order valence-electron chi connectivity index (χ4n) is 6.83. The molecule has 1 aromatic heterocycles. The number of thiazole rings is 1. The van der Waals surface area contributed by atoms with E-state index in [1.165, 1.54) is 53.6 Å². The van der Waals surface area contributed by atoms with Crippen molar-refractivity contribution in [2.24, 2.45) is 11.1 Å². The number of ether oxygens (including phenoxy) is 5. The third-order valence-electron chi connectivity index (χ3n) is 10.5. The second kappa shape index (κ2) is 22.3. The monoisotopic (exact) mass is 1010 g/mol. The Morgan fingerprint density at radius 2 is 1.59 bits per heavy atom. The van der Waals surface area contributed by atoms with Crippen LogP contribution in [0.25, 0.3) is 0 Å². The Balaban J connectivity index is 1.08. The lowest BCUT2D eigenvalue weighted by Crippen LogP contribution is -2.57. The first-order chi connectivity index (χ1) is 32.3. The summed E-state index contributed by atoms with van der Waals surface area (Å²) in [5, 5.41) is 8.80. The molecular formula is C47H52BClN4O12S3. The van der Waals surface area contributed by atoms with E-state index >= 15 is 0 Å². The van der Waals surface area contributed by atoms with Crippen molar-refractivity contribution in [3.63, 3.8) is 0 Å². The highest BCUT2D eigenvalue weighted by atomic mass is 35.5. The zero-order chi connectivity index (χ0) is 49.4. The van der Waals surface area contributed by atoms with Gasteiger partial charge in [-0.3, -0.25) is 19.2 Å². The number of β-lactam (4-membered cyclic amide) rings is 1. The first kappa shape index (κ1) is 51.9. The molecule has 2 radical (unpaired) electrons. The van der Waals surface area contributed by atoms with Crippen LogP contribution >= 0.6 is 46.5 Å². The van der Waals surface area contributed by atoms with Gasteiger partial charge in [-0.15, -0.1) is 34.9 Å². The van der Waals surface area contributed by atoms with Crippen LogP contribution in [0.4, 0.5) is 0 Å². The molecule has 2 saturated heterocycles. The molecule has 1 N–H and O–H groups in total. The number of nitrogens with zero attached hydrogens (tertiary/aromatic N) is 3. The van der Waals surface area contributed by atoms with E-state index in [2.05, 4.69) is 15.5 Å². The van der Waals surface area contributed by atoms with E-state index in [9.17, 15) is 24.0 Å². The molecule has 3 atom stereocenters. The molecule has 0 spiro atoms. The number of hydrogen-bond donors (Lipinski definition) is 1. The fraction of sp³-hybridized carbons (Fsp3) is 0.426. The Morgan fingerprint density at radius 3 is 2.16 bits per heavy atom. The van der Waals surface area contributed by atoms with Crippen LogP contribution in [0.15, 0.2) is 71.2 Å². The number of ketones is 1. The summed E-state index contributed by atoms with van der Waals surface area (Å²) >= 11 is 10.6. The minimum Gasteiger partial charge on any atom is -0.542 e. The van der Waals surface area contributed by atoms with Crippen molar-refractivity contribution in [1.82, 2.24) is 15.2 Å². The van der Waals surface area contributed by atoms with Crippen molar-refractivity contribution in [3.8, 4) is 23.0 Å². The number of fused-ring (bicyclic) bond motifs is 1. The van der Waals surface area contributed by atoms with Gasteiger partial charge in [0.2, 0.25) is 11.5 Å². The lowest BCUT2D eigenvalue weighted by atomic mass is 9.90. The molecule has 2 aliphatic heterocycles. The summed E-state index contributed by atoms with van der Waals surface area (Å²) in [6.45, 7) is 10.4. The third kappa shape index (κ3) is 12.6. The summed E-state index contributed by atoms with van der Waals surface area (Å²) in [5.41, 5.74) is -0.401. The van der Waals surface area contributed by atoms with Gasteiger partial charge in [0.1, 0.15) is 36.0 Å². The first-order valence-corrected chi connectivity index (χ1v) is 24.5. The predicted octanol–water partition coefficient (Wildman–Crippen LogP) is 7.49. The second-order valence-electron chi connectivity index (χ2n) is 17.1. The van der Waals surface area contributed by atoms with Gasteiger partial charge in [-0.25, -0.2) is 9.78 Å². The summed E-state index contributed by atoms with van der Waals surface area (Å²) in [5.74, 6) is -1.29. The average Bonchev–Trinajstić information content (AvgIpc) is 3.90. The number of benzene rings is 3. The smallest absolute Gasteiger partial charge is 0.378 e. The molecule has 0 unspecified atom stereocenters. The molecule has 0 aliphatic carbocycles. The molecular weight excluding hydrogens is 955 g/mol. The van der Waals surface area contributed by atoms with Crippen molar-refractivity contribution >= 4 is 89.8 Å². The molecule has 4 aromatic rings. The number of esters is 1. The second-order valence-corrected chi connectivity index (χ2v) is 21.7. The van der Waals surface area contributed by atoms with E-state index in [-0.39, 0.29) is 66.4 Å². The maximum Gasteiger partial charge on any atom is 0.378 e. The number of thioether (sulfide) groups is 2. The summed E-state index contributed by atoms with van der Waals surface area (Å²) in [7, 11) is 8.60. The standard InChI is InChI=1S/C47H52BClN4O12S3/c1-27-51-34(25-66-27)38(52-65-46(5,6)43(57)63-45(2,3)4)35(54)22-33-41(56)53-26-47(44(58)64-48,68-42(33)53)67-21-9-20-50-40(55)32-18-19-36(61-23-28-10-14-30(59-7)15-11-28)39(37(32)49)62-24-29-12-16-31(60-8)17-13-29/h10-19,25,33,42H,9,20-24,26H2,1-8H3,(H,50,55)/b52-38-/t33-,42-,47-/m1/s1. The van der Waals surface area contributed by atoms with Crippen LogP contribution in [0.5, 0.6) is 23.0 Å². The molecule has 0 bridgehead atoms. The number of methoxy groups -OCH3 is 2. The Kier molecular flexibility index (Phi) is 17.1. The van der Waals surface area contributed by atoms with Gasteiger partial charge < -0.3 is 43.4 Å². The Bertz CT molecular complexity index is 2520. The van der Waals surface area contributed by atoms with E-state index in [0.29, 0.717) is 34.4 Å². The van der Waals surface area contributed by atoms with Crippen molar-refractivity contribution < 1.29 is 57.1 Å². The van der Waals surface area contributed by atoms with Gasteiger partial charge in [0.25, 0.3) is 5.91 Å². The van der Waals surface area contributed by atoms with Gasteiger partial charge in [0, 0.05) is 18.3 Å². The summed E-state index contributed by atoms with van der Waals surface area (Å²) < 4.78 is 31.7. The quantitative estimate of drug-likeness (QED) is 0.0203. The summed E-state index contributed by atoms with van der Waals surface area (Å²) in [4.78, 5) is 78.7. The number of Topliss-reactive ketones (excluding diaryl/α,β-unsaturated/α-hetero) is 1. The maximum absolute atomic E-state index is 13.9. The molecule has 3 aromatic carbocycles. The Hall–Kier alpha value is -5.44. The lowest BCUT2D eigenvalue weighted by Gasteiger charge is -2.41. The number of aromatic nitrogens is 1. The number of oxime groups is 1. The molecule has 6 rings (SSSR count). The van der Waals surface area contributed by atoms with Crippen LogP contribution in [0, 0.1) is 12.8 Å². The molecule has 2 aliphatic rings. The molecule has 0 saturated carbocycles. The largest absolute Gasteiger partial charge is 0.542 e. The third-order valence-corrected chi connectivity index (χ3v) is 15.0. The topological polar surface area (TPSA) is 190 Å². The number of carbonyl (C=O) groups is 5. The highest BCUT2D eigenvalue weighted by molar-refractivity contribution is 8.20. The number of nitrogens with one attached hydrogen (secondary N) is 1. The van der Waals surface area contributed by atoms with Gasteiger partial charge in [-0.1, -0.05) is 41.0 Å². The van der Waals surface area contributed by atoms with Crippen LogP contribution in [0.1, 0.15) is 79.6 Å². The molecule has 16 nitrogen and oxygen atoms in total. The van der Waals surface area contributed by atoms with Crippen molar-refractivity contribution in [2.45, 2.75) is 88.3 Å². The Labute approximate surface area is 413 Å². The summed E-state index contributed by atoms with van der Waals surface area (Å²) in [6.07, 6.45) is 0.140. The molecule has 2 fully saturated rings. The van der Waals surface area contributed by atoms with Crippen molar-refractivity contribution in [1.29, 1.82) is 0 Å². The predicted molar refractivity (Wildman–Crippen MR) is 261 cm³/mol. The molecule has 2 amide bonds. The van der Waals surface area contributed by atoms with Crippen LogP contribution in [-0.4, -0.2) is 107 Å². The maximum atomic E-state index is 13.9. The summed E-state index contributed by atoms with van der Waals surface area (Å²) in [6, 6.07) is 17.9. The van der Waals surface area contributed by atoms with Crippen LogP contribution in [0.3, 0.4) is 0 Å². The van der Waals surface area contributed by atoms with Crippen LogP contribution in [0.2, 0.25) is 5.02 Å². The highest BCUT2D eigenvalue weighted by Gasteiger charge is 2.62. The van der Waals surface area contributed by atoms with E-state index in [0.717, 1.165) is 11.1 Å². The minimum atomic E-state index is -1.55. The molecule has 21 heteroatoms. The number of halogens is 1. The van der Waals surface area contributed by atoms with Crippen LogP contribution < -0.4 is 24.3 Å². The van der Waals surface area contributed by atoms with Gasteiger partial charge in [0.15, 0.2) is 27.1 Å². The number of hydrogen-bond acceptors (Lipinski definition) is 17. The molecule has 3 heterocycles. The van der Waals surface area contributed by atoms with E-state index < -0.39 is 50.2 Å². The van der Waals surface area contributed by atoms with Gasteiger partial charge in [-0.2, -0.15) is 0 Å².